The van der Waals surface area contributed by atoms with E-state index in [1.807, 2.05) is 0 Å². The average molecular weight is 242 g/mol. The van der Waals surface area contributed by atoms with Crippen molar-refractivity contribution in [2.24, 2.45) is 0 Å². The molecule has 1 heterocycles. The van der Waals surface area contributed by atoms with Crippen LogP contribution >= 0.6 is 0 Å². The monoisotopic (exact) mass is 242 g/mol. The van der Waals surface area contributed by atoms with Gasteiger partial charge in [-0.25, -0.2) is 0 Å². The van der Waals surface area contributed by atoms with Gasteiger partial charge in [0, 0.05) is 24.7 Å². The number of methoxy groups -OCH3 is 1. The van der Waals surface area contributed by atoms with Gasteiger partial charge in [0.25, 0.3) is 0 Å². The fraction of sp³-hybridized carbons (Fsp3) is 0.923. The third-order valence-electron chi connectivity index (χ3n) is 3.51. The van der Waals surface area contributed by atoms with Crippen molar-refractivity contribution in [3.05, 3.63) is 0 Å². The molecule has 4 heteroatoms. The maximum atomic E-state index is 11.3. The zero-order chi connectivity index (χ0) is 12.8. The molecular formula is C13H26N2O2. The van der Waals surface area contributed by atoms with Gasteiger partial charge in [-0.15, -0.1) is 0 Å². The fourth-order valence-corrected chi connectivity index (χ4v) is 2.51. The number of carbonyl (C=O) groups excluding carboxylic acids is 1. The zero-order valence-corrected chi connectivity index (χ0v) is 11.5. The van der Waals surface area contributed by atoms with Crippen LogP contribution in [-0.4, -0.2) is 49.2 Å². The van der Waals surface area contributed by atoms with E-state index in [0.717, 1.165) is 13.1 Å². The Bertz CT molecular complexity index is 238. The lowest BCUT2D eigenvalue weighted by Crippen LogP contribution is -2.46. The van der Waals surface area contributed by atoms with E-state index in [1.54, 1.807) is 0 Å². The maximum absolute atomic E-state index is 11.3. The second-order valence-corrected chi connectivity index (χ2v) is 5.21. The molecule has 0 aromatic heterocycles. The van der Waals surface area contributed by atoms with Gasteiger partial charge in [0.15, 0.2) is 0 Å². The summed E-state index contributed by atoms with van der Waals surface area (Å²) in [6, 6.07) is 1.28. The normalized spacial score (nSPS) is 22.1. The summed E-state index contributed by atoms with van der Waals surface area (Å²) >= 11 is 0. The number of ether oxygens (including phenoxy) is 1. The number of esters is 1. The first-order chi connectivity index (χ1) is 8.04. The van der Waals surface area contributed by atoms with Gasteiger partial charge < -0.3 is 10.1 Å². The van der Waals surface area contributed by atoms with Crippen LogP contribution in [0.15, 0.2) is 0 Å². The quantitative estimate of drug-likeness (QED) is 0.715. The summed E-state index contributed by atoms with van der Waals surface area (Å²) in [7, 11) is 1.45. The third-order valence-corrected chi connectivity index (χ3v) is 3.51. The Kier molecular flexibility index (Phi) is 5.92. The summed E-state index contributed by atoms with van der Waals surface area (Å²) < 4.78 is 4.74. The molecule has 1 fully saturated rings. The highest BCUT2D eigenvalue weighted by Gasteiger charge is 2.24. The average Bonchev–Trinajstić information content (AvgIpc) is 2.77. The van der Waals surface area contributed by atoms with Crippen LogP contribution in [0.25, 0.3) is 0 Å². The Morgan fingerprint density at radius 2 is 2.18 bits per heavy atom. The Morgan fingerprint density at radius 3 is 2.65 bits per heavy atom. The third kappa shape index (κ3) is 4.64. The molecule has 0 aromatic carbocycles. The van der Waals surface area contributed by atoms with Gasteiger partial charge in [0.05, 0.1) is 13.5 Å². The minimum Gasteiger partial charge on any atom is -0.469 e. The van der Waals surface area contributed by atoms with Gasteiger partial charge in [0.1, 0.15) is 0 Å². The number of rotatable bonds is 6. The first-order valence-electron chi connectivity index (χ1n) is 6.60. The van der Waals surface area contributed by atoms with Gasteiger partial charge in [-0.3, -0.25) is 9.69 Å². The molecule has 4 nitrogen and oxygen atoms in total. The molecule has 100 valence electrons. The molecule has 0 aliphatic carbocycles. The molecule has 1 aliphatic rings. The Morgan fingerprint density at radius 1 is 1.47 bits per heavy atom. The van der Waals surface area contributed by atoms with E-state index >= 15 is 0 Å². The Hall–Kier alpha value is -0.610. The van der Waals surface area contributed by atoms with Crippen molar-refractivity contribution in [2.45, 2.75) is 58.2 Å². The summed E-state index contributed by atoms with van der Waals surface area (Å²) in [5, 5.41) is 3.51. The van der Waals surface area contributed by atoms with Crippen LogP contribution < -0.4 is 5.32 Å². The number of nitrogens with zero attached hydrogens (tertiary/aromatic N) is 1. The van der Waals surface area contributed by atoms with Crippen LogP contribution in [0.2, 0.25) is 0 Å². The molecule has 1 aliphatic heterocycles. The number of hydrogen-bond donors (Lipinski definition) is 1. The maximum Gasteiger partial charge on any atom is 0.307 e. The number of nitrogens with one attached hydrogen (secondary N) is 1. The highest BCUT2D eigenvalue weighted by atomic mass is 16.5. The van der Waals surface area contributed by atoms with Gasteiger partial charge in [-0.05, 0) is 40.2 Å². The largest absolute Gasteiger partial charge is 0.469 e. The van der Waals surface area contributed by atoms with E-state index in [0.29, 0.717) is 18.5 Å². The zero-order valence-electron chi connectivity index (χ0n) is 11.5. The van der Waals surface area contributed by atoms with Gasteiger partial charge in [-0.1, -0.05) is 0 Å². The van der Waals surface area contributed by atoms with E-state index in [9.17, 15) is 4.79 Å². The fourth-order valence-electron chi connectivity index (χ4n) is 2.51. The number of hydrogen-bond acceptors (Lipinski definition) is 4. The first kappa shape index (κ1) is 14.5. The van der Waals surface area contributed by atoms with Crippen LogP contribution in [0.4, 0.5) is 0 Å². The smallest absolute Gasteiger partial charge is 0.307 e. The molecule has 0 saturated carbocycles. The van der Waals surface area contributed by atoms with Gasteiger partial charge in [0.2, 0.25) is 0 Å². The van der Waals surface area contributed by atoms with E-state index in [1.165, 1.54) is 20.0 Å². The molecule has 0 aromatic rings. The van der Waals surface area contributed by atoms with Crippen LogP contribution in [0.3, 0.4) is 0 Å². The van der Waals surface area contributed by atoms with Gasteiger partial charge >= 0.3 is 5.97 Å². The molecule has 2 unspecified atom stereocenters. The molecule has 0 bridgehead atoms. The predicted octanol–water partition coefficient (Wildman–Crippen LogP) is 1.40. The van der Waals surface area contributed by atoms with E-state index in [-0.39, 0.29) is 12.0 Å². The molecule has 1 N–H and O–H groups in total. The molecule has 1 saturated heterocycles. The topological polar surface area (TPSA) is 41.6 Å². The second kappa shape index (κ2) is 6.97. The molecule has 17 heavy (non-hydrogen) atoms. The van der Waals surface area contributed by atoms with Crippen molar-refractivity contribution in [3.8, 4) is 0 Å². The summed E-state index contributed by atoms with van der Waals surface area (Å²) in [6.07, 6.45) is 2.98. The van der Waals surface area contributed by atoms with Crippen LogP contribution in [-0.2, 0) is 9.53 Å². The summed E-state index contributed by atoms with van der Waals surface area (Å²) in [5.74, 6) is -0.123. The van der Waals surface area contributed by atoms with Crippen LogP contribution in [0.5, 0.6) is 0 Å². The highest BCUT2D eigenvalue weighted by Crippen LogP contribution is 2.14. The van der Waals surface area contributed by atoms with Crippen LogP contribution in [0, 0.1) is 0 Å². The van der Waals surface area contributed by atoms with Crippen LogP contribution in [0.1, 0.15) is 40.0 Å². The Balaban J connectivity index is 2.48. The summed E-state index contributed by atoms with van der Waals surface area (Å²) in [5.41, 5.74) is 0. The molecule has 2 atom stereocenters. The first-order valence-corrected chi connectivity index (χ1v) is 6.60. The van der Waals surface area contributed by atoms with Gasteiger partial charge in [-0.2, -0.15) is 0 Å². The molecule has 0 spiro atoms. The molecular weight excluding hydrogens is 216 g/mol. The molecule has 1 rings (SSSR count). The SMILES string of the molecule is COC(=O)CC(C)N(CC1CCCN1)C(C)C. The highest BCUT2D eigenvalue weighted by molar-refractivity contribution is 5.69. The lowest BCUT2D eigenvalue weighted by Gasteiger charge is -2.34. The lowest BCUT2D eigenvalue weighted by molar-refractivity contribution is -0.142. The van der Waals surface area contributed by atoms with E-state index < -0.39 is 0 Å². The van der Waals surface area contributed by atoms with Crippen molar-refractivity contribution >= 4 is 5.97 Å². The summed E-state index contributed by atoms with van der Waals surface area (Å²) in [6.45, 7) is 8.62. The lowest BCUT2D eigenvalue weighted by atomic mass is 10.1. The van der Waals surface area contributed by atoms with E-state index in [2.05, 4.69) is 31.0 Å². The van der Waals surface area contributed by atoms with E-state index in [4.69, 9.17) is 4.74 Å². The number of carbonyl (C=O) groups is 1. The minimum atomic E-state index is -0.123. The summed E-state index contributed by atoms with van der Waals surface area (Å²) in [4.78, 5) is 13.7. The van der Waals surface area contributed by atoms with Crippen molar-refractivity contribution in [3.63, 3.8) is 0 Å². The van der Waals surface area contributed by atoms with Crippen molar-refractivity contribution in [1.29, 1.82) is 0 Å². The molecule has 0 amide bonds. The predicted molar refractivity (Wildman–Crippen MR) is 69.0 cm³/mol. The second-order valence-electron chi connectivity index (χ2n) is 5.21. The minimum absolute atomic E-state index is 0.123. The standard InChI is InChI=1S/C13H26N2O2/c1-10(2)15(9-12-6-5-7-14-12)11(3)8-13(16)17-4/h10-12,14H,5-9H2,1-4H3. The van der Waals surface area contributed by atoms with Crippen molar-refractivity contribution < 1.29 is 9.53 Å². The van der Waals surface area contributed by atoms with Crippen molar-refractivity contribution in [1.82, 2.24) is 10.2 Å². The van der Waals surface area contributed by atoms with Crippen molar-refractivity contribution in [2.75, 3.05) is 20.2 Å². The Labute approximate surface area is 105 Å². The molecule has 0 radical (unpaired) electrons.